The summed E-state index contributed by atoms with van der Waals surface area (Å²) in [5, 5.41) is 24.2. The zero-order chi connectivity index (χ0) is 26.3. The van der Waals surface area contributed by atoms with E-state index in [0.717, 1.165) is 58.0 Å². The number of unbranched alkanes of at least 4 members (excludes halogenated alkanes) is 1. The zero-order valence-corrected chi connectivity index (χ0v) is 25.2. The van der Waals surface area contributed by atoms with Gasteiger partial charge in [-0.1, -0.05) is 41.0 Å². The Hall–Kier alpha value is -0.233. The summed E-state index contributed by atoms with van der Waals surface area (Å²) >= 11 is 0. The topological polar surface area (TPSA) is 66.8 Å². The minimum atomic E-state index is -1.76. The van der Waals surface area contributed by atoms with Gasteiger partial charge in [0.2, 0.25) is 0 Å². The lowest BCUT2D eigenvalue weighted by Crippen LogP contribution is -2.56. The number of carbonyl (C=O) groups excluding carboxylic acids is 1. The van der Waals surface area contributed by atoms with Gasteiger partial charge in [0.05, 0.1) is 11.2 Å². The average molecular weight is 519 g/mol. The van der Waals surface area contributed by atoms with E-state index < -0.39 is 19.5 Å². The van der Waals surface area contributed by atoms with Gasteiger partial charge < -0.3 is 14.6 Å². The SMILES string of the molecule is CCCCC(=O)CC1(O)CC2CCC3(C)C(C4CC4C3(O)CCCO[Si](C)(C)C(C)(C)C)C2C2CC21. The first-order valence-electron chi connectivity index (χ1n) is 15.3. The summed E-state index contributed by atoms with van der Waals surface area (Å²) in [7, 11) is -1.76. The molecule has 0 aromatic rings. The van der Waals surface area contributed by atoms with Crippen LogP contribution in [0.2, 0.25) is 18.1 Å². The Morgan fingerprint density at radius 1 is 1.08 bits per heavy atom. The van der Waals surface area contributed by atoms with E-state index in [1.807, 2.05) is 0 Å². The van der Waals surface area contributed by atoms with Crippen molar-refractivity contribution in [3.05, 3.63) is 0 Å². The second-order valence-corrected chi connectivity index (χ2v) is 20.4. The first-order valence-corrected chi connectivity index (χ1v) is 18.2. The van der Waals surface area contributed by atoms with Crippen LogP contribution in [0.5, 0.6) is 0 Å². The van der Waals surface area contributed by atoms with Gasteiger partial charge in [-0.05, 0) is 116 Å². The molecule has 0 aliphatic heterocycles. The Balaban J connectivity index is 1.25. The van der Waals surface area contributed by atoms with Crippen LogP contribution in [-0.2, 0) is 9.22 Å². The second kappa shape index (κ2) is 8.89. The molecule has 5 fully saturated rings. The summed E-state index contributed by atoms with van der Waals surface area (Å²) in [6, 6.07) is 0. The van der Waals surface area contributed by atoms with Crippen molar-refractivity contribution in [1.29, 1.82) is 0 Å². The number of hydrogen-bond acceptors (Lipinski definition) is 4. The van der Waals surface area contributed by atoms with E-state index in [2.05, 4.69) is 47.7 Å². The minimum absolute atomic E-state index is 0.00172. The molecule has 5 saturated carbocycles. The fourth-order valence-corrected chi connectivity index (χ4v) is 10.6. The van der Waals surface area contributed by atoms with Crippen molar-refractivity contribution in [1.82, 2.24) is 0 Å². The summed E-state index contributed by atoms with van der Waals surface area (Å²) in [5.41, 5.74) is -1.32. The van der Waals surface area contributed by atoms with E-state index in [4.69, 9.17) is 4.43 Å². The monoisotopic (exact) mass is 518 g/mol. The summed E-state index contributed by atoms with van der Waals surface area (Å²) in [4.78, 5) is 12.6. The molecule has 0 aromatic heterocycles. The molecule has 0 aromatic carbocycles. The molecule has 206 valence electrons. The average Bonchev–Trinajstić information content (AvgIpc) is 3.68. The summed E-state index contributed by atoms with van der Waals surface area (Å²) < 4.78 is 6.48. The minimum Gasteiger partial charge on any atom is -0.417 e. The quantitative estimate of drug-likeness (QED) is 0.248. The number of aliphatic hydroxyl groups is 2. The number of Topliss-reactive ketones (excluding diaryl/α,β-unsaturated/α-hetero) is 1. The van der Waals surface area contributed by atoms with Crippen molar-refractivity contribution in [3.63, 3.8) is 0 Å². The van der Waals surface area contributed by atoms with E-state index in [-0.39, 0.29) is 16.2 Å². The van der Waals surface area contributed by atoms with Gasteiger partial charge in [0.1, 0.15) is 5.78 Å². The van der Waals surface area contributed by atoms with Crippen LogP contribution in [0, 0.1) is 46.8 Å². The highest BCUT2D eigenvalue weighted by molar-refractivity contribution is 6.74. The first-order chi connectivity index (χ1) is 16.7. The van der Waals surface area contributed by atoms with Gasteiger partial charge in [-0.15, -0.1) is 0 Å². The van der Waals surface area contributed by atoms with Crippen molar-refractivity contribution in [2.24, 2.45) is 46.8 Å². The van der Waals surface area contributed by atoms with Crippen molar-refractivity contribution in [3.8, 4) is 0 Å². The number of hydrogen-bond donors (Lipinski definition) is 2. The van der Waals surface area contributed by atoms with Crippen LogP contribution < -0.4 is 0 Å². The van der Waals surface area contributed by atoms with Crippen LogP contribution in [0.15, 0.2) is 0 Å². The van der Waals surface area contributed by atoms with E-state index in [9.17, 15) is 15.0 Å². The largest absolute Gasteiger partial charge is 0.417 e. The van der Waals surface area contributed by atoms with Gasteiger partial charge >= 0.3 is 0 Å². The van der Waals surface area contributed by atoms with Crippen LogP contribution in [0.25, 0.3) is 0 Å². The number of ketones is 1. The van der Waals surface area contributed by atoms with E-state index in [1.165, 1.54) is 6.42 Å². The molecule has 0 heterocycles. The van der Waals surface area contributed by atoms with Crippen LogP contribution in [0.1, 0.15) is 105 Å². The predicted octanol–water partition coefficient (Wildman–Crippen LogP) is 6.74. The highest BCUT2D eigenvalue weighted by Crippen LogP contribution is 2.79. The van der Waals surface area contributed by atoms with Crippen molar-refractivity contribution in [2.75, 3.05) is 6.61 Å². The predicted molar refractivity (Wildman–Crippen MR) is 147 cm³/mol. The highest BCUT2D eigenvalue weighted by Gasteiger charge is 2.78. The number of rotatable bonds is 10. The van der Waals surface area contributed by atoms with Gasteiger partial charge in [0.15, 0.2) is 8.32 Å². The standard InChI is InChI=1S/C31H54O4Si/c1-8-9-11-21(32)19-30(33)18-20-12-14-29(5)27(26(20)22-16-24(22)30)23-17-25(23)31(29,34)13-10-15-35-36(6,7)28(2,3)4/h20,22-27,33-34H,8-19H2,1-7H3. The van der Waals surface area contributed by atoms with Gasteiger partial charge in [0, 0.05) is 19.4 Å². The molecule has 0 amide bonds. The Morgan fingerprint density at radius 2 is 1.78 bits per heavy atom. The molecule has 36 heavy (non-hydrogen) atoms. The molecule has 2 N–H and O–H groups in total. The maximum absolute atomic E-state index is 12.6. The Bertz CT molecular complexity index is 865. The van der Waals surface area contributed by atoms with Gasteiger partial charge in [0.25, 0.3) is 0 Å². The Morgan fingerprint density at radius 3 is 2.44 bits per heavy atom. The zero-order valence-electron chi connectivity index (χ0n) is 24.2. The molecule has 0 radical (unpaired) electrons. The summed E-state index contributed by atoms with van der Waals surface area (Å²) in [5.74, 6) is 4.07. The smallest absolute Gasteiger partial charge is 0.191 e. The van der Waals surface area contributed by atoms with Gasteiger partial charge in [-0.3, -0.25) is 4.79 Å². The lowest BCUT2D eigenvalue weighted by Gasteiger charge is -2.56. The molecule has 5 rings (SSSR count). The molecule has 10 unspecified atom stereocenters. The molecule has 0 saturated heterocycles. The van der Waals surface area contributed by atoms with Crippen molar-refractivity contribution in [2.45, 2.75) is 135 Å². The Kier molecular flexibility index (Phi) is 6.75. The lowest BCUT2D eigenvalue weighted by molar-refractivity contribution is -0.161. The fraction of sp³-hybridized carbons (Fsp3) is 0.968. The molecule has 10 atom stereocenters. The van der Waals surface area contributed by atoms with E-state index in [0.29, 0.717) is 54.3 Å². The molecular weight excluding hydrogens is 464 g/mol. The maximum Gasteiger partial charge on any atom is 0.191 e. The third-order valence-electron chi connectivity index (χ3n) is 12.6. The fourth-order valence-electron chi connectivity index (χ4n) is 9.49. The van der Waals surface area contributed by atoms with Crippen LogP contribution in [0.4, 0.5) is 0 Å². The maximum atomic E-state index is 12.6. The van der Waals surface area contributed by atoms with Gasteiger partial charge in [-0.25, -0.2) is 0 Å². The molecular formula is C31H54O4Si. The Labute approximate surface area is 221 Å². The van der Waals surface area contributed by atoms with Crippen molar-refractivity contribution < 1.29 is 19.4 Å². The number of carbonyl (C=O) groups is 1. The lowest BCUT2D eigenvalue weighted by atomic mass is 9.50. The van der Waals surface area contributed by atoms with E-state index >= 15 is 0 Å². The van der Waals surface area contributed by atoms with E-state index in [1.54, 1.807) is 0 Å². The molecule has 5 aliphatic carbocycles. The first kappa shape index (κ1) is 27.3. The summed E-state index contributed by atoms with van der Waals surface area (Å²) in [6.45, 7) is 16.8. The highest BCUT2D eigenvalue weighted by atomic mass is 28.4. The molecule has 0 bridgehead atoms. The molecule has 4 nitrogen and oxygen atoms in total. The molecule has 5 heteroatoms. The normalized spacial score (nSPS) is 47.0. The molecule has 5 aliphatic rings. The van der Waals surface area contributed by atoms with Gasteiger partial charge in [-0.2, -0.15) is 0 Å². The summed E-state index contributed by atoms with van der Waals surface area (Å²) in [6.07, 6.45) is 10.1. The molecule has 0 spiro atoms. The third-order valence-corrected chi connectivity index (χ3v) is 17.1. The van der Waals surface area contributed by atoms with Crippen LogP contribution in [-0.4, -0.2) is 42.1 Å². The third kappa shape index (κ3) is 4.21. The number of fused-ring (bicyclic) bond motifs is 7. The second-order valence-electron chi connectivity index (χ2n) is 15.6. The van der Waals surface area contributed by atoms with Crippen molar-refractivity contribution >= 4 is 14.1 Å². The van der Waals surface area contributed by atoms with Crippen LogP contribution in [0.3, 0.4) is 0 Å². The van der Waals surface area contributed by atoms with Crippen LogP contribution >= 0.6 is 0 Å².